The van der Waals surface area contributed by atoms with Crippen molar-refractivity contribution in [3.63, 3.8) is 0 Å². The van der Waals surface area contributed by atoms with Gasteiger partial charge in [0.15, 0.2) is 5.65 Å². The van der Waals surface area contributed by atoms with Gasteiger partial charge < -0.3 is 5.32 Å². The van der Waals surface area contributed by atoms with Gasteiger partial charge in [-0.25, -0.2) is 17.4 Å². The number of aromatic nitrogens is 2. The van der Waals surface area contributed by atoms with E-state index in [4.69, 9.17) is 11.6 Å². The Balaban J connectivity index is 1.91. The Labute approximate surface area is 151 Å². The second-order valence-electron chi connectivity index (χ2n) is 6.26. The maximum atomic E-state index is 13.3. The molecule has 0 amide bonds. The van der Waals surface area contributed by atoms with Crippen molar-refractivity contribution >= 4 is 32.7 Å². The Bertz CT molecular complexity index is 1010. The number of nitrogens with one attached hydrogen (secondary N) is 1. The minimum absolute atomic E-state index is 0.245. The van der Waals surface area contributed by atoms with Crippen LogP contribution in [0.1, 0.15) is 18.5 Å². The van der Waals surface area contributed by atoms with Crippen LogP contribution in [-0.2, 0) is 16.4 Å². The summed E-state index contributed by atoms with van der Waals surface area (Å²) >= 11 is 6.03. The van der Waals surface area contributed by atoms with Crippen molar-refractivity contribution in [1.29, 1.82) is 0 Å². The highest BCUT2D eigenvalue weighted by atomic mass is 35.5. The fourth-order valence-corrected chi connectivity index (χ4v) is 5.04. The summed E-state index contributed by atoms with van der Waals surface area (Å²) in [6.45, 7) is 0.973. The molecule has 1 aliphatic rings. The average molecular weight is 376 g/mol. The van der Waals surface area contributed by atoms with Gasteiger partial charge >= 0.3 is 0 Å². The molecular formula is C18H18ClN3O2S. The molecule has 1 aliphatic heterocycles. The van der Waals surface area contributed by atoms with E-state index in [1.807, 2.05) is 12.1 Å². The van der Waals surface area contributed by atoms with E-state index in [9.17, 15) is 8.42 Å². The fraction of sp³-hybridized carbons (Fsp3) is 0.278. The van der Waals surface area contributed by atoms with E-state index in [1.54, 1.807) is 36.4 Å². The summed E-state index contributed by atoms with van der Waals surface area (Å²) in [4.78, 5) is 4.54. The Hall–Kier alpha value is -1.89. The van der Waals surface area contributed by atoms with Crippen LogP contribution in [0.5, 0.6) is 0 Å². The summed E-state index contributed by atoms with van der Waals surface area (Å²) in [6.07, 6.45) is 2.79. The van der Waals surface area contributed by atoms with E-state index in [2.05, 4.69) is 10.3 Å². The molecule has 7 heteroatoms. The molecule has 0 radical (unpaired) electrons. The summed E-state index contributed by atoms with van der Waals surface area (Å²) in [5, 5.41) is 4.48. The zero-order chi connectivity index (χ0) is 17.4. The Morgan fingerprint density at radius 2 is 2.00 bits per heavy atom. The number of benzene rings is 1. The third-order valence-electron chi connectivity index (χ3n) is 4.55. The second-order valence-corrected chi connectivity index (χ2v) is 8.44. The predicted octanol–water partition coefficient (Wildman–Crippen LogP) is 3.22. The molecule has 0 unspecified atom stereocenters. The number of hydrogen-bond acceptors (Lipinski definition) is 4. The number of pyridine rings is 1. The highest BCUT2D eigenvalue weighted by molar-refractivity contribution is 7.90. The molecule has 130 valence electrons. The molecule has 5 nitrogen and oxygen atoms in total. The van der Waals surface area contributed by atoms with Crippen molar-refractivity contribution in [2.75, 3.05) is 6.54 Å². The largest absolute Gasteiger partial charge is 0.314 e. The first-order valence-corrected chi connectivity index (χ1v) is 10.1. The molecule has 3 aromatic rings. The Kier molecular flexibility index (Phi) is 4.27. The molecule has 1 fully saturated rings. The van der Waals surface area contributed by atoms with E-state index in [0.717, 1.165) is 30.5 Å². The monoisotopic (exact) mass is 375 g/mol. The predicted molar refractivity (Wildman–Crippen MR) is 98.5 cm³/mol. The van der Waals surface area contributed by atoms with E-state index in [-0.39, 0.29) is 16.1 Å². The molecule has 1 saturated heterocycles. The summed E-state index contributed by atoms with van der Waals surface area (Å²) in [6, 6.07) is 14.1. The van der Waals surface area contributed by atoms with Gasteiger partial charge in [-0.1, -0.05) is 29.8 Å². The number of halogens is 1. The quantitative estimate of drug-likeness (QED) is 0.711. The maximum Gasteiger partial charge on any atom is 0.269 e. The van der Waals surface area contributed by atoms with Crippen molar-refractivity contribution < 1.29 is 8.42 Å². The average Bonchev–Trinajstić information content (AvgIpc) is 3.23. The molecule has 3 heterocycles. The molecule has 4 rings (SSSR count). The number of hydrogen-bond donors (Lipinski definition) is 1. The lowest BCUT2D eigenvalue weighted by molar-refractivity contribution is 0.572. The van der Waals surface area contributed by atoms with Gasteiger partial charge in [0.25, 0.3) is 10.0 Å². The summed E-state index contributed by atoms with van der Waals surface area (Å²) in [5.74, 6) is 0. The van der Waals surface area contributed by atoms with Gasteiger partial charge in [0.05, 0.1) is 4.90 Å². The van der Waals surface area contributed by atoms with Crippen LogP contribution >= 0.6 is 11.6 Å². The maximum absolute atomic E-state index is 13.3. The molecule has 1 atom stereocenters. The van der Waals surface area contributed by atoms with Gasteiger partial charge in [0.2, 0.25) is 0 Å². The molecular weight excluding hydrogens is 358 g/mol. The molecule has 2 aromatic heterocycles. The van der Waals surface area contributed by atoms with Gasteiger partial charge in [-0.15, -0.1) is 0 Å². The van der Waals surface area contributed by atoms with Gasteiger partial charge in [-0.05, 0) is 49.7 Å². The summed E-state index contributed by atoms with van der Waals surface area (Å²) in [5.41, 5.74) is 1.11. The lowest BCUT2D eigenvalue weighted by atomic mass is 10.1. The van der Waals surface area contributed by atoms with Gasteiger partial charge in [-0.3, -0.25) is 0 Å². The minimum atomic E-state index is -3.74. The lowest BCUT2D eigenvalue weighted by Crippen LogP contribution is -2.26. The molecule has 0 saturated carbocycles. The van der Waals surface area contributed by atoms with Gasteiger partial charge in [0, 0.05) is 23.5 Å². The van der Waals surface area contributed by atoms with Crippen molar-refractivity contribution in [2.45, 2.75) is 30.2 Å². The van der Waals surface area contributed by atoms with E-state index in [0.29, 0.717) is 12.1 Å². The van der Waals surface area contributed by atoms with Crippen LogP contribution in [0.15, 0.2) is 53.4 Å². The normalized spacial score (nSPS) is 18.0. The Morgan fingerprint density at radius 3 is 2.72 bits per heavy atom. The first-order chi connectivity index (χ1) is 12.1. The highest BCUT2D eigenvalue weighted by Crippen LogP contribution is 2.27. The zero-order valence-corrected chi connectivity index (χ0v) is 15.1. The summed E-state index contributed by atoms with van der Waals surface area (Å²) < 4.78 is 27.9. The Morgan fingerprint density at radius 1 is 1.20 bits per heavy atom. The summed E-state index contributed by atoms with van der Waals surface area (Å²) in [7, 11) is -3.74. The van der Waals surface area contributed by atoms with Crippen molar-refractivity contribution in [3.8, 4) is 0 Å². The van der Waals surface area contributed by atoms with E-state index >= 15 is 0 Å². The molecule has 0 spiro atoms. The van der Waals surface area contributed by atoms with Crippen LogP contribution in [0.25, 0.3) is 11.0 Å². The lowest BCUT2D eigenvalue weighted by Gasteiger charge is -2.14. The minimum Gasteiger partial charge on any atom is -0.314 e. The fourth-order valence-electron chi connectivity index (χ4n) is 3.38. The topological polar surface area (TPSA) is 64.0 Å². The van der Waals surface area contributed by atoms with Gasteiger partial charge in [0.1, 0.15) is 5.15 Å². The zero-order valence-electron chi connectivity index (χ0n) is 13.5. The first-order valence-electron chi connectivity index (χ1n) is 8.26. The van der Waals surface area contributed by atoms with Gasteiger partial charge in [-0.2, -0.15) is 0 Å². The van der Waals surface area contributed by atoms with Crippen LogP contribution in [0.4, 0.5) is 0 Å². The molecule has 25 heavy (non-hydrogen) atoms. The van der Waals surface area contributed by atoms with Crippen molar-refractivity contribution in [1.82, 2.24) is 14.3 Å². The smallest absolute Gasteiger partial charge is 0.269 e. The second kappa shape index (κ2) is 6.44. The van der Waals surface area contributed by atoms with Crippen LogP contribution in [0.3, 0.4) is 0 Å². The van der Waals surface area contributed by atoms with E-state index in [1.165, 1.54) is 3.97 Å². The number of fused-ring (bicyclic) bond motifs is 1. The molecule has 1 N–H and O–H groups in total. The number of nitrogens with zero attached hydrogens (tertiary/aromatic N) is 2. The molecule has 0 bridgehead atoms. The third kappa shape index (κ3) is 3.05. The number of rotatable bonds is 4. The standard InChI is InChI=1S/C18H18ClN3O2S/c19-17-9-8-13-11-15(12-14-5-4-10-20-14)22(18(13)21-17)25(23,24)16-6-2-1-3-7-16/h1-3,6-9,11,14,20H,4-5,10,12H2/t14-/m1/s1. The van der Waals surface area contributed by atoms with Crippen LogP contribution in [0.2, 0.25) is 5.15 Å². The van der Waals surface area contributed by atoms with Crippen molar-refractivity contribution in [2.24, 2.45) is 0 Å². The van der Waals surface area contributed by atoms with Crippen LogP contribution < -0.4 is 5.32 Å². The third-order valence-corrected chi connectivity index (χ3v) is 6.51. The van der Waals surface area contributed by atoms with Crippen LogP contribution in [-0.4, -0.2) is 30.0 Å². The van der Waals surface area contributed by atoms with E-state index < -0.39 is 10.0 Å². The van der Waals surface area contributed by atoms with Crippen LogP contribution in [0, 0.1) is 0 Å². The van der Waals surface area contributed by atoms with Crippen molar-refractivity contribution in [3.05, 3.63) is 59.4 Å². The first kappa shape index (κ1) is 16.6. The SMILES string of the molecule is O=S(=O)(c1ccccc1)n1c(C[C@H]2CCCN2)cc2ccc(Cl)nc21. The molecule has 0 aliphatic carbocycles. The molecule has 1 aromatic carbocycles. The highest BCUT2D eigenvalue weighted by Gasteiger charge is 2.26.